The zero-order chi connectivity index (χ0) is 9.84. The molecule has 5 nitrogen and oxygen atoms in total. The molecule has 0 aliphatic heterocycles. The summed E-state index contributed by atoms with van der Waals surface area (Å²) >= 11 is 0. The van der Waals surface area contributed by atoms with Gasteiger partial charge in [0.1, 0.15) is 11.6 Å². The molecule has 0 radical (unpaired) electrons. The van der Waals surface area contributed by atoms with E-state index in [0.717, 1.165) is 11.9 Å². The van der Waals surface area contributed by atoms with E-state index in [1.165, 1.54) is 6.08 Å². The fourth-order valence-corrected chi connectivity index (χ4v) is 0.988. The number of aromatic nitrogens is 3. The zero-order valence-corrected chi connectivity index (χ0v) is 7.56. The van der Waals surface area contributed by atoms with Crippen molar-refractivity contribution in [2.75, 3.05) is 0 Å². The SMILES string of the molecule is Cc1nc(C)n(CC=CC(=O)O)n1. The summed E-state index contributed by atoms with van der Waals surface area (Å²) in [7, 11) is 0. The maximum atomic E-state index is 10.1. The second kappa shape index (κ2) is 3.84. The van der Waals surface area contributed by atoms with Gasteiger partial charge in [0, 0.05) is 6.08 Å². The van der Waals surface area contributed by atoms with Gasteiger partial charge in [-0.2, -0.15) is 5.10 Å². The van der Waals surface area contributed by atoms with E-state index in [4.69, 9.17) is 5.11 Å². The fraction of sp³-hybridized carbons (Fsp3) is 0.375. The maximum absolute atomic E-state index is 10.1. The molecule has 1 rings (SSSR count). The average molecular weight is 181 g/mol. The molecule has 0 saturated carbocycles. The topological polar surface area (TPSA) is 68.0 Å². The van der Waals surface area contributed by atoms with Crippen LogP contribution in [0.3, 0.4) is 0 Å². The van der Waals surface area contributed by atoms with Gasteiger partial charge in [0.05, 0.1) is 6.54 Å². The predicted molar refractivity (Wildman–Crippen MR) is 46.3 cm³/mol. The minimum atomic E-state index is -0.950. The van der Waals surface area contributed by atoms with Crippen LogP contribution in [0.1, 0.15) is 11.6 Å². The smallest absolute Gasteiger partial charge is 0.328 e. The Morgan fingerprint density at radius 2 is 2.31 bits per heavy atom. The molecule has 1 aromatic rings. The summed E-state index contributed by atoms with van der Waals surface area (Å²) in [6.07, 6.45) is 2.62. The van der Waals surface area contributed by atoms with Crippen LogP contribution in [0, 0.1) is 13.8 Å². The van der Waals surface area contributed by atoms with Crippen LogP contribution in [0.25, 0.3) is 0 Å². The number of allylic oxidation sites excluding steroid dienone is 1. The molecule has 0 aliphatic carbocycles. The van der Waals surface area contributed by atoms with E-state index in [0.29, 0.717) is 12.4 Å². The summed E-state index contributed by atoms with van der Waals surface area (Å²) in [5.41, 5.74) is 0. The van der Waals surface area contributed by atoms with Crippen LogP contribution in [0.5, 0.6) is 0 Å². The van der Waals surface area contributed by atoms with E-state index in [1.54, 1.807) is 11.6 Å². The van der Waals surface area contributed by atoms with Crippen molar-refractivity contribution >= 4 is 5.97 Å². The second-order valence-electron chi connectivity index (χ2n) is 2.63. The Hall–Kier alpha value is -1.65. The number of hydrogen-bond acceptors (Lipinski definition) is 3. The highest BCUT2D eigenvalue weighted by atomic mass is 16.4. The third-order valence-corrected chi connectivity index (χ3v) is 1.50. The second-order valence-corrected chi connectivity index (χ2v) is 2.63. The lowest BCUT2D eigenvalue weighted by molar-refractivity contribution is -0.131. The van der Waals surface area contributed by atoms with E-state index < -0.39 is 5.97 Å². The highest BCUT2D eigenvalue weighted by Crippen LogP contribution is 1.95. The van der Waals surface area contributed by atoms with Crippen LogP contribution in [-0.4, -0.2) is 25.8 Å². The molecule has 0 unspecified atom stereocenters. The average Bonchev–Trinajstić information content (AvgIpc) is 2.29. The highest BCUT2D eigenvalue weighted by Gasteiger charge is 1.99. The summed E-state index contributed by atoms with van der Waals surface area (Å²) in [6.45, 7) is 4.07. The largest absolute Gasteiger partial charge is 0.478 e. The van der Waals surface area contributed by atoms with E-state index in [2.05, 4.69) is 10.1 Å². The normalized spacial score (nSPS) is 10.9. The zero-order valence-electron chi connectivity index (χ0n) is 7.56. The molecule has 1 aromatic heterocycles. The summed E-state index contributed by atoms with van der Waals surface area (Å²) < 4.78 is 1.65. The van der Waals surface area contributed by atoms with Crippen LogP contribution in [0.2, 0.25) is 0 Å². The van der Waals surface area contributed by atoms with Crippen molar-refractivity contribution in [3.8, 4) is 0 Å². The van der Waals surface area contributed by atoms with Crippen molar-refractivity contribution in [1.82, 2.24) is 14.8 Å². The Bertz CT molecular complexity index is 341. The van der Waals surface area contributed by atoms with Crippen molar-refractivity contribution in [1.29, 1.82) is 0 Å². The molecule has 0 saturated heterocycles. The molecule has 1 N–H and O–H groups in total. The number of carbonyl (C=O) groups is 1. The minimum absolute atomic E-state index is 0.443. The van der Waals surface area contributed by atoms with E-state index in [9.17, 15) is 4.79 Å². The monoisotopic (exact) mass is 181 g/mol. The Kier molecular flexibility index (Phi) is 2.79. The molecule has 0 bridgehead atoms. The van der Waals surface area contributed by atoms with E-state index in [-0.39, 0.29) is 0 Å². The maximum Gasteiger partial charge on any atom is 0.328 e. The molecular weight excluding hydrogens is 170 g/mol. The molecular formula is C8H11N3O2. The third kappa shape index (κ3) is 2.70. The summed E-state index contributed by atoms with van der Waals surface area (Å²) in [5, 5.41) is 12.4. The molecule has 0 amide bonds. The Morgan fingerprint density at radius 3 is 2.77 bits per heavy atom. The van der Waals surface area contributed by atoms with Crippen LogP contribution in [0.15, 0.2) is 12.2 Å². The van der Waals surface area contributed by atoms with Crippen molar-refractivity contribution in [3.63, 3.8) is 0 Å². The summed E-state index contributed by atoms with van der Waals surface area (Å²) in [5.74, 6) is 0.531. The van der Waals surface area contributed by atoms with Crippen LogP contribution in [-0.2, 0) is 11.3 Å². The number of nitrogens with zero attached hydrogens (tertiary/aromatic N) is 3. The van der Waals surface area contributed by atoms with Crippen molar-refractivity contribution in [2.24, 2.45) is 0 Å². The quantitative estimate of drug-likeness (QED) is 0.691. The number of carboxylic acids is 1. The van der Waals surface area contributed by atoms with Gasteiger partial charge in [0.2, 0.25) is 0 Å². The molecule has 0 spiro atoms. The van der Waals surface area contributed by atoms with Crippen LogP contribution < -0.4 is 0 Å². The number of rotatable bonds is 3. The fourth-order valence-electron chi connectivity index (χ4n) is 0.988. The van der Waals surface area contributed by atoms with Crippen LogP contribution in [0.4, 0.5) is 0 Å². The van der Waals surface area contributed by atoms with Crippen molar-refractivity contribution < 1.29 is 9.90 Å². The summed E-state index contributed by atoms with van der Waals surface area (Å²) in [4.78, 5) is 14.2. The molecule has 5 heteroatoms. The molecule has 0 aliphatic rings. The van der Waals surface area contributed by atoms with Gasteiger partial charge in [-0.25, -0.2) is 14.5 Å². The first kappa shape index (κ1) is 9.44. The van der Waals surface area contributed by atoms with Crippen molar-refractivity contribution in [2.45, 2.75) is 20.4 Å². The Morgan fingerprint density at radius 1 is 1.62 bits per heavy atom. The van der Waals surface area contributed by atoms with Crippen LogP contribution >= 0.6 is 0 Å². The number of carboxylic acid groups (broad SMARTS) is 1. The molecule has 0 fully saturated rings. The van der Waals surface area contributed by atoms with Gasteiger partial charge in [-0.05, 0) is 13.8 Å². The van der Waals surface area contributed by atoms with E-state index in [1.807, 2.05) is 6.92 Å². The molecule has 0 aromatic carbocycles. The standard InChI is InChI=1S/C8H11N3O2/c1-6-9-7(2)11(10-6)5-3-4-8(12)13/h3-4H,5H2,1-2H3,(H,12,13). The Balaban J connectivity index is 2.64. The van der Waals surface area contributed by atoms with Gasteiger partial charge in [0.25, 0.3) is 0 Å². The molecule has 13 heavy (non-hydrogen) atoms. The first-order valence-electron chi connectivity index (χ1n) is 3.87. The van der Waals surface area contributed by atoms with Gasteiger partial charge >= 0.3 is 5.97 Å². The van der Waals surface area contributed by atoms with E-state index >= 15 is 0 Å². The summed E-state index contributed by atoms with van der Waals surface area (Å²) in [6, 6.07) is 0. The third-order valence-electron chi connectivity index (χ3n) is 1.50. The lowest BCUT2D eigenvalue weighted by Gasteiger charge is -1.95. The molecule has 0 atom stereocenters. The number of aryl methyl sites for hydroxylation is 2. The van der Waals surface area contributed by atoms with Crippen molar-refractivity contribution in [3.05, 3.63) is 23.8 Å². The minimum Gasteiger partial charge on any atom is -0.478 e. The van der Waals surface area contributed by atoms with Gasteiger partial charge in [-0.15, -0.1) is 0 Å². The highest BCUT2D eigenvalue weighted by molar-refractivity contribution is 5.79. The lowest BCUT2D eigenvalue weighted by atomic mass is 10.5. The number of aliphatic carboxylic acids is 1. The lowest BCUT2D eigenvalue weighted by Crippen LogP contribution is -2.01. The Labute approximate surface area is 75.7 Å². The molecule has 70 valence electrons. The van der Waals surface area contributed by atoms with Gasteiger partial charge < -0.3 is 5.11 Å². The van der Waals surface area contributed by atoms with Gasteiger partial charge in [-0.3, -0.25) is 0 Å². The van der Waals surface area contributed by atoms with Gasteiger partial charge in [0.15, 0.2) is 0 Å². The molecule has 1 heterocycles. The number of hydrogen-bond donors (Lipinski definition) is 1. The predicted octanol–water partition coefficient (Wildman–Crippen LogP) is 0.536. The first-order valence-corrected chi connectivity index (χ1v) is 3.87. The first-order chi connectivity index (χ1) is 6.09. The van der Waals surface area contributed by atoms with Gasteiger partial charge in [-0.1, -0.05) is 6.08 Å².